The quantitative estimate of drug-likeness (QED) is 0.693. The van der Waals surface area contributed by atoms with E-state index in [1.807, 2.05) is 29.7 Å². The SMILES string of the molecule is N#Cc1ccc(C(c2ccc(C#N)cc2)n2cnc(CNO)n2)cc1. The van der Waals surface area contributed by atoms with Gasteiger partial charge in [-0.2, -0.15) is 21.1 Å². The van der Waals surface area contributed by atoms with E-state index in [1.165, 1.54) is 0 Å². The number of aromatic nitrogens is 3. The van der Waals surface area contributed by atoms with E-state index >= 15 is 0 Å². The highest BCUT2D eigenvalue weighted by Crippen LogP contribution is 2.26. The molecule has 3 aromatic rings. The molecule has 122 valence electrons. The van der Waals surface area contributed by atoms with Gasteiger partial charge in [0.05, 0.1) is 29.8 Å². The molecule has 0 amide bonds. The maximum absolute atomic E-state index is 8.98. The van der Waals surface area contributed by atoms with Crippen molar-refractivity contribution in [2.75, 3.05) is 0 Å². The molecule has 25 heavy (non-hydrogen) atoms. The number of nitrogens with zero attached hydrogens (tertiary/aromatic N) is 5. The van der Waals surface area contributed by atoms with Gasteiger partial charge in [0, 0.05) is 0 Å². The highest BCUT2D eigenvalue weighted by atomic mass is 16.5. The van der Waals surface area contributed by atoms with Gasteiger partial charge in [0.15, 0.2) is 5.82 Å². The summed E-state index contributed by atoms with van der Waals surface area (Å²) in [6, 6.07) is 18.4. The summed E-state index contributed by atoms with van der Waals surface area (Å²) in [5.41, 5.74) is 5.04. The molecule has 3 rings (SSSR count). The fourth-order valence-corrected chi connectivity index (χ4v) is 2.56. The third-order valence-electron chi connectivity index (χ3n) is 3.77. The average molecular weight is 330 g/mol. The smallest absolute Gasteiger partial charge is 0.166 e. The van der Waals surface area contributed by atoms with Gasteiger partial charge in [0.1, 0.15) is 12.4 Å². The van der Waals surface area contributed by atoms with Crippen LogP contribution in [0.5, 0.6) is 0 Å². The van der Waals surface area contributed by atoms with Crippen molar-refractivity contribution in [3.8, 4) is 12.1 Å². The second-order valence-electron chi connectivity index (χ2n) is 5.35. The van der Waals surface area contributed by atoms with Crippen molar-refractivity contribution in [1.82, 2.24) is 20.2 Å². The minimum absolute atomic E-state index is 0.139. The predicted octanol–water partition coefficient (Wildman–Crippen LogP) is 2.14. The summed E-state index contributed by atoms with van der Waals surface area (Å²) in [4.78, 5) is 4.17. The number of nitrogens with one attached hydrogen (secondary N) is 1. The van der Waals surface area contributed by atoms with E-state index in [4.69, 9.17) is 15.7 Å². The summed E-state index contributed by atoms with van der Waals surface area (Å²) < 4.78 is 1.69. The van der Waals surface area contributed by atoms with Crippen LogP contribution < -0.4 is 5.48 Å². The Labute approximate surface area is 144 Å². The molecule has 0 saturated carbocycles. The molecule has 2 aromatic carbocycles. The summed E-state index contributed by atoms with van der Waals surface area (Å²) in [5.74, 6) is 0.454. The second kappa shape index (κ2) is 7.37. The summed E-state index contributed by atoms with van der Waals surface area (Å²) in [5, 5.41) is 31.2. The first-order chi connectivity index (χ1) is 12.2. The molecule has 7 nitrogen and oxygen atoms in total. The summed E-state index contributed by atoms with van der Waals surface area (Å²) in [7, 11) is 0. The molecule has 0 aliphatic carbocycles. The minimum atomic E-state index is -0.263. The highest BCUT2D eigenvalue weighted by molar-refractivity contribution is 5.40. The molecule has 0 saturated heterocycles. The van der Waals surface area contributed by atoms with Crippen molar-refractivity contribution < 1.29 is 5.21 Å². The van der Waals surface area contributed by atoms with E-state index in [9.17, 15) is 0 Å². The van der Waals surface area contributed by atoms with Gasteiger partial charge in [0.25, 0.3) is 0 Å². The first-order valence-electron chi connectivity index (χ1n) is 7.52. The zero-order valence-corrected chi connectivity index (χ0v) is 13.2. The van der Waals surface area contributed by atoms with Crippen molar-refractivity contribution in [1.29, 1.82) is 10.5 Å². The van der Waals surface area contributed by atoms with Crippen molar-refractivity contribution in [3.63, 3.8) is 0 Å². The van der Waals surface area contributed by atoms with Crippen LogP contribution in [0.25, 0.3) is 0 Å². The van der Waals surface area contributed by atoms with Crippen molar-refractivity contribution in [2.45, 2.75) is 12.6 Å². The van der Waals surface area contributed by atoms with Gasteiger partial charge in [-0.1, -0.05) is 24.3 Å². The van der Waals surface area contributed by atoms with Crippen LogP contribution in [0.3, 0.4) is 0 Å². The van der Waals surface area contributed by atoms with Crippen LogP contribution in [0.2, 0.25) is 0 Å². The largest absolute Gasteiger partial charge is 0.316 e. The van der Waals surface area contributed by atoms with Crippen LogP contribution in [0, 0.1) is 22.7 Å². The predicted molar refractivity (Wildman–Crippen MR) is 88.2 cm³/mol. The van der Waals surface area contributed by atoms with Gasteiger partial charge in [-0.15, -0.1) is 0 Å². The van der Waals surface area contributed by atoms with Crippen LogP contribution in [-0.2, 0) is 6.54 Å². The summed E-state index contributed by atoms with van der Waals surface area (Å²) in [6.45, 7) is 0.139. The Morgan fingerprint density at radius 3 is 1.92 bits per heavy atom. The summed E-state index contributed by atoms with van der Waals surface area (Å²) in [6.07, 6.45) is 1.59. The lowest BCUT2D eigenvalue weighted by molar-refractivity contribution is 0.158. The standard InChI is InChI=1S/C18H14N6O/c19-9-13-1-5-15(6-2-13)18(16-7-3-14(10-20)4-8-16)24-12-21-17(23-24)11-22-25/h1-8,12,18,22,25H,11H2. The van der Waals surface area contributed by atoms with Crippen LogP contribution >= 0.6 is 0 Å². The summed E-state index contributed by atoms with van der Waals surface area (Å²) >= 11 is 0. The molecule has 0 aliphatic heterocycles. The number of nitriles is 2. The average Bonchev–Trinajstić information content (AvgIpc) is 3.11. The number of rotatable bonds is 5. The van der Waals surface area contributed by atoms with E-state index < -0.39 is 0 Å². The van der Waals surface area contributed by atoms with Gasteiger partial charge >= 0.3 is 0 Å². The Morgan fingerprint density at radius 1 is 0.960 bits per heavy atom. The van der Waals surface area contributed by atoms with Crippen LogP contribution in [-0.4, -0.2) is 20.0 Å². The molecule has 0 spiro atoms. The van der Waals surface area contributed by atoms with Gasteiger partial charge in [-0.25, -0.2) is 9.67 Å². The third kappa shape index (κ3) is 3.54. The zero-order valence-electron chi connectivity index (χ0n) is 13.2. The lowest BCUT2D eigenvalue weighted by Crippen LogP contribution is -2.14. The van der Waals surface area contributed by atoms with E-state index in [0.717, 1.165) is 11.1 Å². The number of benzene rings is 2. The molecule has 0 unspecified atom stereocenters. The van der Waals surface area contributed by atoms with Crippen LogP contribution in [0.4, 0.5) is 0 Å². The lowest BCUT2D eigenvalue weighted by atomic mass is 9.97. The highest BCUT2D eigenvalue weighted by Gasteiger charge is 2.18. The monoisotopic (exact) mass is 330 g/mol. The van der Waals surface area contributed by atoms with Crippen molar-refractivity contribution in [3.05, 3.63) is 82.9 Å². The van der Waals surface area contributed by atoms with Crippen molar-refractivity contribution in [2.24, 2.45) is 0 Å². The first kappa shape index (κ1) is 16.3. The normalized spacial score (nSPS) is 10.4. The Morgan fingerprint density at radius 2 is 1.48 bits per heavy atom. The minimum Gasteiger partial charge on any atom is -0.316 e. The second-order valence-corrected chi connectivity index (χ2v) is 5.35. The maximum atomic E-state index is 8.98. The van der Waals surface area contributed by atoms with E-state index in [0.29, 0.717) is 17.0 Å². The Hall–Kier alpha value is -3.52. The molecule has 2 N–H and O–H groups in total. The molecule has 1 aromatic heterocycles. The topological polar surface area (TPSA) is 111 Å². The molecular formula is C18H14N6O. The number of hydroxylamine groups is 1. The molecular weight excluding hydrogens is 316 g/mol. The van der Waals surface area contributed by atoms with Gasteiger partial charge < -0.3 is 5.21 Å². The molecule has 0 radical (unpaired) electrons. The Balaban J connectivity index is 2.05. The van der Waals surface area contributed by atoms with Gasteiger partial charge in [-0.05, 0) is 35.4 Å². The fourth-order valence-electron chi connectivity index (χ4n) is 2.56. The van der Waals surface area contributed by atoms with Crippen molar-refractivity contribution >= 4 is 0 Å². The van der Waals surface area contributed by atoms with Gasteiger partial charge in [-0.3, -0.25) is 0 Å². The van der Waals surface area contributed by atoms with E-state index in [2.05, 4.69) is 22.2 Å². The lowest BCUT2D eigenvalue weighted by Gasteiger charge is -2.18. The third-order valence-corrected chi connectivity index (χ3v) is 3.77. The molecule has 0 aliphatic rings. The number of hydrogen-bond acceptors (Lipinski definition) is 6. The van der Waals surface area contributed by atoms with Crippen LogP contribution in [0.1, 0.15) is 34.1 Å². The Bertz CT molecular complexity index is 874. The Kier molecular flexibility index (Phi) is 4.82. The zero-order chi connectivity index (χ0) is 17.6. The molecule has 0 atom stereocenters. The molecule has 7 heteroatoms. The maximum Gasteiger partial charge on any atom is 0.166 e. The fraction of sp³-hybridized carbons (Fsp3) is 0.111. The molecule has 0 bridgehead atoms. The molecule has 1 heterocycles. The van der Waals surface area contributed by atoms with Crippen LogP contribution in [0.15, 0.2) is 54.9 Å². The first-order valence-corrected chi connectivity index (χ1v) is 7.52. The van der Waals surface area contributed by atoms with E-state index in [1.54, 1.807) is 35.3 Å². The number of hydrogen-bond donors (Lipinski definition) is 2. The van der Waals surface area contributed by atoms with E-state index in [-0.39, 0.29) is 12.6 Å². The van der Waals surface area contributed by atoms with Gasteiger partial charge in [0.2, 0.25) is 0 Å². The molecule has 0 fully saturated rings.